The summed E-state index contributed by atoms with van der Waals surface area (Å²) < 4.78 is 19.9. The van der Waals surface area contributed by atoms with E-state index in [1.54, 1.807) is 12.2 Å². The van der Waals surface area contributed by atoms with Crippen LogP contribution in [-0.4, -0.2) is 60.6 Å². The normalized spacial score (nSPS) is 24.4. The molecule has 0 amide bonds. The van der Waals surface area contributed by atoms with Crippen LogP contribution >= 0.6 is 0 Å². The van der Waals surface area contributed by atoms with Gasteiger partial charge in [0.05, 0.1) is 31.5 Å². The minimum Gasteiger partial charge on any atom is -0.460 e. The molecular weight excluding hydrogens is 392 g/mol. The van der Waals surface area contributed by atoms with E-state index in [0.29, 0.717) is 13.2 Å². The second-order valence-electron chi connectivity index (χ2n) is 6.98. The Morgan fingerprint density at radius 1 is 0.800 bits per heavy atom. The third-order valence-corrected chi connectivity index (χ3v) is 4.27. The zero-order chi connectivity index (χ0) is 22.9. The Morgan fingerprint density at radius 3 is 1.67 bits per heavy atom. The molecule has 8 heteroatoms. The molecule has 2 aliphatic rings. The molecule has 2 rings (SSSR count). The number of carbonyl (C=O) groups excluding carboxylic acids is 3. The summed E-state index contributed by atoms with van der Waals surface area (Å²) in [6, 6.07) is 0. The fourth-order valence-corrected chi connectivity index (χ4v) is 3.12. The summed E-state index contributed by atoms with van der Waals surface area (Å²) in [7, 11) is 0. The van der Waals surface area contributed by atoms with Crippen molar-refractivity contribution >= 4 is 17.9 Å². The van der Waals surface area contributed by atoms with Crippen molar-refractivity contribution in [2.45, 2.75) is 83.7 Å². The number of ether oxygens (including phenoxy) is 4. The van der Waals surface area contributed by atoms with Gasteiger partial charge in [-0.3, -0.25) is 14.4 Å². The highest BCUT2D eigenvalue weighted by Crippen LogP contribution is 2.25. The predicted molar refractivity (Wildman–Crippen MR) is 112 cm³/mol. The van der Waals surface area contributed by atoms with Gasteiger partial charge in [-0.25, -0.2) is 0 Å². The number of esters is 3. The van der Waals surface area contributed by atoms with Crippen LogP contribution in [0.3, 0.4) is 0 Å². The molecule has 0 saturated heterocycles. The van der Waals surface area contributed by atoms with Crippen molar-refractivity contribution in [1.29, 1.82) is 0 Å². The van der Waals surface area contributed by atoms with Crippen LogP contribution in [0.1, 0.15) is 59.3 Å². The smallest absolute Gasteiger partial charge is 0.310 e. The first-order valence-corrected chi connectivity index (χ1v) is 10.2. The minimum absolute atomic E-state index is 0.0440. The molecule has 8 nitrogen and oxygen atoms in total. The number of carbonyl (C=O) groups is 3. The van der Waals surface area contributed by atoms with Crippen LogP contribution in [0.4, 0.5) is 0 Å². The average molecular weight is 429 g/mol. The SMILES string of the molecule is C=CCO[C@@H]1CCC[C@H]1O.C=CCO[C@@H]1CCC[C@H]1OC(C)=O.CC(=O)OC(C)=O. The molecule has 0 spiro atoms. The second-order valence-corrected chi connectivity index (χ2v) is 6.98. The summed E-state index contributed by atoms with van der Waals surface area (Å²) in [5.74, 6) is -1.35. The lowest BCUT2D eigenvalue weighted by Crippen LogP contribution is -2.27. The molecule has 4 atom stereocenters. The van der Waals surface area contributed by atoms with Crippen molar-refractivity contribution in [3.05, 3.63) is 25.3 Å². The van der Waals surface area contributed by atoms with E-state index in [2.05, 4.69) is 17.9 Å². The summed E-state index contributed by atoms with van der Waals surface area (Å²) in [5.41, 5.74) is 0. The van der Waals surface area contributed by atoms with Crippen LogP contribution < -0.4 is 0 Å². The van der Waals surface area contributed by atoms with E-state index in [0.717, 1.165) is 38.5 Å². The van der Waals surface area contributed by atoms with Gasteiger partial charge in [0.15, 0.2) is 0 Å². The van der Waals surface area contributed by atoms with Crippen LogP contribution in [0.2, 0.25) is 0 Å². The Bertz CT molecular complexity index is 533. The van der Waals surface area contributed by atoms with Crippen molar-refractivity contribution in [1.82, 2.24) is 0 Å². The van der Waals surface area contributed by atoms with Gasteiger partial charge in [-0.15, -0.1) is 13.2 Å². The second kappa shape index (κ2) is 16.7. The molecule has 0 heterocycles. The molecule has 0 bridgehead atoms. The van der Waals surface area contributed by atoms with Crippen LogP contribution in [0, 0.1) is 0 Å². The Balaban J connectivity index is 0.000000442. The van der Waals surface area contributed by atoms with Gasteiger partial charge >= 0.3 is 17.9 Å². The first kappa shape index (κ1) is 28.0. The first-order chi connectivity index (χ1) is 14.2. The van der Waals surface area contributed by atoms with E-state index >= 15 is 0 Å². The standard InChI is InChI=1S/C10H16O3.C8H14O2.C4H6O3/c1-3-7-12-9-5-4-6-10(9)13-8(2)11;1-2-6-10-8-5-3-4-7(8)9;1-3(5)7-4(2)6/h3,9-10H,1,4-7H2,2H3;2,7-9H,1,3-6H2;1-2H3/t9-,10-;7-,8-;/m11./s1. The third-order valence-electron chi connectivity index (χ3n) is 4.27. The van der Waals surface area contributed by atoms with Gasteiger partial charge in [-0.1, -0.05) is 12.2 Å². The highest BCUT2D eigenvalue weighted by atomic mass is 16.6. The molecule has 0 aromatic carbocycles. The highest BCUT2D eigenvalue weighted by Gasteiger charge is 2.30. The summed E-state index contributed by atoms with van der Waals surface area (Å²) >= 11 is 0. The quantitative estimate of drug-likeness (QED) is 0.375. The lowest BCUT2D eigenvalue weighted by Gasteiger charge is -2.18. The van der Waals surface area contributed by atoms with E-state index in [1.807, 2.05) is 0 Å². The van der Waals surface area contributed by atoms with Gasteiger partial charge in [-0.05, 0) is 38.5 Å². The Hall–Kier alpha value is -2.03. The minimum atomic E-state index is -0.562. The van der Waals surface area contributed by atoms with Crippen LogP contribution in [0.15, 0.2) is 25.3 Å². The summed E-state index contributed by atoms with van der Waals surface area (Å²) in [5, 5.41) is 9.26. The van der Waals surface area contributed by atoms with Crippen molar-refractivity contribution < 1.29 is 38.4 Å². The van der Waals surface area contributed by atoms with E-state index in [-0.39, 0.29) is 30.4 Å². The number of aliphatic hydroxyl groups excluding tert-OH is 1. The molecule has 0 radical (unpaired) electrons. The van der Waals surface area contributed by atoms with Crippen molar-refractivity contribution in [2.24, 2.45) is 0 Å². The topological polar surface area (TPSA) is 108 Å². The van der Waals surface area contributed by atoms with Gasteiger partial charge in [0.25, 0.3) is 0 Å². The average Bonchev–Trinajstić information content (AvgIpc) is 3.26. The number of aliphatic hydroxyl groups is 1. The Labute approximate surface area is 179 Å². The van der Waals surface area contributed by atoms with Crippen molar-refractivity contribution in [3.63, 3.8) is 0 Å². The monoisotopic (exact) mass is 428 g/mol. The van der Waals surface area contributed by atoms with E-state index in [4.69, 9.17) is 14.2 Å². The number of rotatable bonds is 7. The zero-order valence-corrected chi connectivity index (χ0v) is 18.3. The fourth-order valence-electron chi connectivity index (χ4n) is 3.12. The van der Waals surface area contributed by atoms with E-state index < -0.39 is 11.9 Å². The predicted octanol–water partition coefficient (Wildman–Crippen LogP) is 2.87. The highest BCUT2D eigenvalue weighted by molar-refractivity contribution is 5.82. The summed E-state index contributed by atoms with van der Waals surface area (Å²) in [6.45, 7) is 12.0. The number of hydrogen-bond acceptors (Lipinski definition) is 8. The summed E-state index contributed by atoms with van der Waals surface area (Å²) in [4.78, 5) is 30.3. The van der Waals surface area contributed by atoms with E-state index in [1.165, 1.54) is 20.8 Å². The maximum Gasteiger partial charge on any atom is 0.310 e. The van der Waals surface area contributed by atoms with Crippen LogP contribution in [-0.2, 0) is 33.3 Å². The van der Waals surface area contributed by atoms with Gasteiger partial charge in [0, 0.05) is 20.8 Å². The molecule has 0 unspecified atom stereocenters. The largest absolute Gasteiger partial charge is 0.460 e. The molecule has 0 aromatic heterocycles. The van der Waals surface area contributed by atoms with Gasteiger partial charge < -0.3 is 24.1 Å². The van der Waals surface area contributed by atoms with Gasteiger partial charge in [-0.2, -0.15) is 0 Å². The molecular formula is C22H36O8. The van der Waals surface area contributed by atoms with Crippen molar-refractivity contribution in [2.75, 3.05) is 13.2 Å². The molecule has 0 aliphatic heterocycles. The lowest BCUT2D eigenvalue weighted by atomic mass is 10.2. The molecule has 172 valence electrons. The molecule has 1 N–H and O–H groups in total. The molecule has 2 fully saturated rings. The van der Waals surface area contributed by atoms with Gasteiger partial charge in [0.2, 0.25) is 0 Å². The van der Waals surface area contributed by atoms with Crippen LogP contribution in [0.25, 0.3) is 0 Å². The Morgan fingerprint density at radius 2 is 1.27 bits per heavy atom. The first-order valence-electron chi connectivity index (χ1n) is 10.2. The fraction of sp³-hybridized carbons (Fsp3) is 0.682. The van der Waals surface area contributed by atoms with E-state index in [9.17, 15) is 19.5 Å². The molecule has 0 aromatic rings. The van der Waals surface area contributed by atoms with Crippen LogP contribution in [0.5, 0.6) is 0 Å². The Kier molecular flexibility index (Phi) is 15.6. The maximum absolute atomic E-state index is 10.7. The van der Waals surface area contributed by atoms with Gasteiger partial charge in [0.1, 0.15) is 6.10 Å². The molecule has 2 saturated carbocycles. The number of hydrogen-bond donors (Lipinski definition) is 1. The van der Waals surface area contributed by atoms with Crippen molar-refractivity contribution in [3.8, 4) is 0 Å². The molecule has 2 aliphatic carbocycles. The lowest BCUT2D eigenvalue weighted by molar-refractivity contribution is -0.156. The molecule has 30 heavy (non-hydrogen) atoms. The summed E-state index contributed by atoms with van der Waals surface area (Å²) in [6.07, 6.45) is 9.22. The zero-order valence-electron chi connectivity index (χ0n) is 18.3. The maximum atomic E-state index is 10.7. The third kappa shape index (κ3) is 14.0.